The molecule has 0 radical (unpaired) electrons. The zero-order valence-electron chi connectivity index (χ0n) is 35.5. The van der Waals surface area contributed by atoms with E-state index >= 15 is 0 Å². The lowest BCUT2D eigenvalue weighted by molar-refractivity contribution is -0.870. The van der Waals surface area contributed by atoms with E-state index in [9.17, 15) is 4.79 Å². The van der Waals surface area contributed by atoms with E-state index in [0.717, 1.165) is 113 Å². The minimum atomic E-state index is 0.0150. The number of fused-ring (bicyclic) bond motifs is 5. The van der Waals surface area contributed by atoms with Crippen molar-refractivity contribution in [1.82, 2.24) is 9.88 Å². The molecule has 0 saturated carbocycles. The van der Waals surface area contributed by atoms with Gasteiger partial charge in [0.25, 0.3) is 0 Å². The number of pyridine rings is 2. The van der Waals surface area contributed by atoms with Crippen molar-refractivity contribution in [2.45, 2.75) is 12.8 Å². The van der Waals surface area contributed by atoms with Crippen LogP contribution in [0.3, 0.4) is 0 Å². The van der Waals surface area contributed by atoms with Crippen LogP contribution in [-0.4, -0.2) is 72.1 Å². The molecule has 302 valence electrons. The Morgan fingerprint density at radius 1 is 0.607 bits per heavy atom. The number of rotatable bonds is 8. The topological polar surface area (TPSA) is 93.0 Å². The molecule has 5 aliphatic rings. The predicted molar refractivity (Wildman–Crippen MR) is 246 cm³/mol. The molecule has 61 heavy (non-hydrogen) atoms. The van der Waals surface area contributed by atoms with Gasteiger partial charge >= 0.3 is 0 Å². The van der Waals surface area contributed by atoms with Crippen LogP contribution in [-0.2, 0) is 18.9 Å². The van der Waals surface area contributed by atoms with Crippen LogP contribution in [0.1, 0.15) is 40.9 Å². The molecule has 0 spiro atoms. The predicted octanol–water partition coefficient (Wildman–Crippen LogP) is 7.44. The summed E-state index contributed by atoms with van der Waals surface area (Å²) in [7, 11) is 12.5. The van der Waals surface area contributed by atoms with E-state index in [-0.39, 0.29) is 5.91 Å². The molecule has 9 rings (SSSR count). The molecule has 3 aromatic heterocycles. The first-order valence-corrected chi connectivity index (χ1v) is 20.6. The normalized spacial score (nSPS) is 17.0. The number of H-pyrrole nitrogens is 1. The lowest BCUT2D eigenvalue weighted by atomic mass is 9.99. The van der Waals surface area contributed by atoms with Crippen LogP contribution >= 0.6 is 0 Å². The van der Waals surface area contributed by atoms with Crippen LogP contribution in [0, 0.1) is 0 Å². The third-order valence-corrected chi connectivity index (χ3v) is 11.2. The summed E-state index contributed by atoms with van der Waals surface area (Å²) in [4.78, 5) is 35.0. The second-order valence-corrected chi connectivity index (χ2v) is 16.9. The molecule has 8 bridgehead atoms. The zero-order chi connectivity index (χ0) is 42.3. The third-order valence-electron chi connectivity index (χ3n) is 11.2. The van der Waals surface area contributed by atoms with Crippen molar-refractivity contribution in [2.75, 3.05) is 40.1 Å². The fourth-order valence-electron chi connectivity index (χ4n) is 8.01. The highest BCUT2D eigenvalue weighted by Gasteiger charge is 2.27. The monoisotopic (exact) mass is 804 g/mol. The number of amides is 1. The van der Waals surface area contributed by atoms with Gasteiger partial charge < -0.3 is 19.7 Å². The minimum absolute atomic E-state index is 0.0150. The number of aryl methyl sites for hydroxylation is 2. The standard InChI is InChI=1S/C51H49N9O/c1-57-27-21-35(22-28-57)49-41-15-13-39(53-41)48(34-9-11-38(12-10-34)52-47(61)8-7-33-60(4,5)6)40-14-16-42(54-40)50(36-23-29-58(2)30-24-36)44-18-20-46(56-44)51(45-19-17-43(49)55-45)37-25-31-59(3)32-26-37/h9-32H,7-8,33H2,1-6H3,(H-,52,53,54,55,56,61)/q+2/p+1. The van der Waals surface area contributed by atoms with Gasteiger partial charge in [0.1, 0.15) is 14.1 Å². The van der Waals surface area contributed by atoms with Gasteiger partial charge in [-0.3, -0.25) is 4.79 Å². The van der Waals surface area contributed by atoms with E-state index in [1.807, 2.05) is 47.3 Å². The van der Waals surface area contributed by atoms with Crippen LogP contribution < -0.4 is 14.5 Å². The SMILES string of the molecule is CN1C=CC(=C2C3=NC(=C(c4cc[n+](C)cc4)C4=NC(=C(c5cc[n+](C)cc5)C5=NC(=C(c6ccc(NC(=O)CCC[N+](C)(C)C)cc6)c6ccc2[nH]6)C=C5)C=C4)C=C3)C=C1. The van der Waals surface area contributed by atoms with Crippen LogP contribution in [0.2, 0.25) is 0 Å². The number of carbonyl (C=O) groups excluding carboxylic acids is 1. The van der Waals surface area contributed by atoms with Crippen LogP contribution in [0.5, 0.6) is 0 Å². The molecule has 1 aromatic carbocycles. The van der Waals surface area contributed by atoms with Gasteiger partial charge in [0, 0.05) is 95.9 Å². The number of quaternary nitrogens is 1. The number of nitrogens with zero attached hydrogens (tertiary/aromatic N) is 7. The number of aromatic nitrogens is 3. The van der Waals surface area contributed by atoms with Gasteiger partial charge in [-0.1, -0.05) is 12.1 Å². The van der Waals surface area contributed by atoms with Gasteiger partial charge in [0.2, 0.25) is 5.91 Å². The number of nitrogens with one attached hydrogen (secondary N) is 2. The molecular weight excluding hydrogens is 755 g/mol. The quantitative estimate of drug-likeness (QED) is 0.143. The first-order valence-electron chi connectivity index (χ1n) is 20.6. The maximum atomic E-state index is 12.9. The van der Waals surface area contributed by atoms with Crippen molar-refractivity contribution < 1.29 is 18.4 Å². The Morgan fingerprint density at radius 3 is 1.57 bits per heavy atom. The van der Waals surface area contributed by atoms with Crippen molar-refractivity contribution in [1.29, 1.82) is 0 Å². The molecule has 8 heterocycles. The number of allylic oxidation sites excluding steroid dienone is 12. The molecule has 1 amide bonds. The highest BCUT2D eigenvalue weighted by molar-refractivity contribution is 6.37. The Labute approximate surface area is 357 Å². The maximum Gasteiger partial charge on any atom is 0.224 e. The number of carbonyl (C=O) groups is 1. The summed E-state index contributed by atoms with van der Waals surface area (Å²) in [5.74, 6) is 0.0150. The molecule has 0 saturated heterocycles. The van der Waals surface area contributed by atoms with Crippen LogP contribution in [0.25, 0.3) is 22.3 Å². The van der Waals surface area contributed by atoms with Crippen LogP contribution in [0.4, 0.5) is 5.69 Å². The summed E-state index contributed by atoms with van der Waals surface area (Å²) in [6, 6.07) is 20.8. The zero-order valence-corrected chi connectivity index (χ0v) is 35.5. The van der Waals surface area contributed by atoms with Crippen molar-refractivity contribution in [3.63, 3.8) is 0 Å². The van der Waals surface area contributed by atoms with E-state index in [4.69, 9.17) is 15.0 Å². The molecule has 10 nitrogen and oxygen atoms in total. The average Bonchev–Trinajstić information content (AvgIpc) is 4.08. The molecular formula is C51H50N9O+3. The molecule has 10 heteroatoms. The maximum absolute atomic E-state index is 12.9. The van der Waals surface area contributed by atoms with Gasteiger partial charge in [-0.15, -0.1) is 0 Å². The Kier molecular flexibility index (Phi) is 10.3. The van der Waals surface area contributed by atoms with Crippen molar-refractivity contribution in [2.24, 2.45) is 29.1 Å². The molecule has 2 N–H and O–H groups in total. The molecule has 0 atom stereocenters. The second-order valence-electron chi connectivity index (χ2n) is 16.9. The van der Waals surface area contributed by atoms with Gasteiger partial charge in [-0.2, -0.15) is 0 Å². The smallest absolute Gasteiger partial charge is 0.224 e. The summed E-state index contributed by atoms with van der Waals surface area (Å²) in [5, 5.41) is 3.11. The summed E-state index contributed by atoms with van der Waals surface area (Å²) < 4.78 is 4.89. The highest BCUT2D eigenvalue weighted by Crippen LogP contribution is 2.38. The Morgan fingerprint density at radius 2 is 1.07 bits per heavy atom. The Balaban J connectivity index is 1.23. The van der Waals surface area contributed by atoms with E-state index in [2.05, 4.69) is 166 Å². The fourth-order valence-corrected chi connectivity index (χ4v) is 8.01. The van der Waals surface area contributed by atoms with Crippen molar-refractivity contribution >= 4 is 51.0 Å². The summed E-state index contributed by atoms with van der Waals surface area (Å²) in [6.07, 6.45) is 30.5. The molecule has 5 aliphatic heterocycles. The van der Waals surface area contributed by atoms with Gasteiger partial charge in [-0.05, 0) is 95.1 Å². The molecule has 0 unspecified atom stereocenters. The summed E-state index contributed by atoms with van der Waals surface area (Å²) in [5.41, 5.74) is 15.4. The van der Waals surface area contributed by atoms with Crippen molar-refractivity contribution in [3.05, 3.63) is 197 Å². The summed E-state index contributed by atoms with van der Waals surface area (Å²) in [6.45, 7) is 0.930. The first-order chi connectivity index (χ1) is 29.5. The van der Waals surface area contributed by atoms with Gasteiger partial charge in [0.05, 0.1) is 61.9 Å². The molecule has 4 aromatic rings. The van der Waals surface area contributed by atoms with E-state index in [1.54, 1.807) is 0 Å². The number of benzene rings is 1. The second kappa shape index (κ2) is 16.0. The Bertz CT molecular complexity index is 2820. The number of aliphatic imine (C=N–C) groups is 3. The highest BCUT2D eigenvalue weighted by atomic mass is 16.1. The van der Waals surface area contributed by atoms with Gasteiger partial charge in [0.15, 0.2) is 24.8 Å². The average molecular weight is 805 g/mol. The number of hydrogen-bond donors (Lipinski definition) is 2. The number of anilines is 1. The molecule has 0 fully saturated rings. The van der Waals surface area contributed by atoms with Gasteiger partial charge in [-0.25, -0.2) is 24.1 Å². The summed E-state index contributed by atoms with van der Waals surface area (Å²) >= 11 is 0. The lowest BCUT2D eigenvalue weighted by Crippen LogP contribution is -2.35. The molecule has 0 aliphatic carbocycles. The number of hydrogen-bond acceptors (Lipinski definition) is 5. The van der Waals surface area contributed by atoms with E-state index in [0.29, 0.717) is 6.42 Å². The Hall–Kier alpha value is -7.30. The van der Waals surface area contributed by atoms with Crippen LogP contribution in [0.15, 0.2) is 184 Å². The lowest BCUT2D eigenvalue weighted by Gasteiger charge is -2.23. The minimum Gasteiger partial charge on any atom is -0.357 e. The largest absolute Gasteiger partial charge is 0.357 e. The van der Waals surface area contributed by atoms with E-state index < -0.39 is 0 Å². The first kappa shape index (κ1) is 39.2. The number of aromatic amines is 1. The fraction of sp³-hybridized carbons (Fsp3) is 0.176. The van der Waals surface area contributed by atoms with Crippen molar-refractivity contribution in [3.8, 4) is 0 Å². The third kappa shape index (κ3) is 8.31. The van der Waals surface area contributed by atoms with E-state index in [1.165, 1.54) is 0 Å².